The first-order valence-electron chi connectivity index (χ1n) is 16.9. The fourth-order valence-electron chi connectivity index (χ4n) is 6.49. The van der Waals surface area contributed by atoms with Crippen molar-refractivity contribution in [2.45, 2.75) is 116 Å². The van der Waals surface area contributed by atoms with Gasteiger partial charge in [-0.25, -0.2) is 0 Å². The number of likely N-dealkylation sites (N-methyl/N-ethyl adjacent to an activating group) is 2. The van der Waals surface area contributed by atoms with Crippen molar-refractivity contribution in [1.29, 1.82) is 0 Å². The second-order valence-corrected chi connectivity index (χ2v) is 14.0. The van der Waals surface area contributed by atoms with Crippen molar-refractivity contribution in [1.82, 2.24) is 15.1 Å². The van der Waals surface area contributed by atoms with Gasteiger partial charge in [-0.2, -0.15) is 0 Å². The number of aliphatic hydroxyl groups excluding tert-OH is 2. The van der Waals surface area contributed by atoms with E-state index in [9.17, 15) is 19.8 Å². The van der Waals surface area contributed by atoms with Crippen molar-refractivity contribution in [2.75, 3.05) is 47.8 Å². The molecule has 0 spiro atoms. The van der Waals surface area contributed by atoms with E-state index in [0.717, 1.165) is 18.7 Å². The fraction of sp³-hybridized carbons (Fsp3) is 0.829. The molecule has 2 aliphatic heterocycles. The summed E-state index contributed by atoms with van der Waals surface area (Å²) in [5, 5.41) is 26.3. The van der Waals surface area contributed by atoms with E-state index in [2.05, 4.69) is 10.2 Å². The van der Waals surface area contributed by atoms with E-state index in [1.54, 1.807) is 6.08 Å². The number of rotatable bonds is 10. The number of aliphatic hydroxyl groups is 2. The first kappa shape index (κ1) is 39.5. The summed E-state index contributed by atoms with van der Waals surface area (Å²) >= 11 is 0. The SMILES string of the molecule is CC[C@H]1OC(=O)CC(O)[C@H](C)[C@@H](O[C@@H]2O[C@H](C)C[C@H](N(C)C)[C@H]2O)[C@@H](CCNCCN(C)C)C[C@@H](C)C(=O)/C=C/C(C)=C/[C@@H]1C. The van der Waals surface area contributed by atoms with Crippen molar-refractivity contribution in [3.8, 4) is 0 Å². The molecule has 2 rings (SSSR count). The van der Waals surface area contributed by atoms with Crippen LogP contribution >= 0.6 is 0 Å². The highest BCUT2D eigenvalue weighted by molar-refractivity contribution is 5.91. The maximum absolute atomic E-state index is 13.4. The van der Waals surface area contributed by atoms with Gasteiger partial charge in [0, 0.05) is 36.9 Å². The summed E-state index contributed by atoms with van der Waals surface area (Å²) in [6, 6.07) is -0.166. The van der Waals surface area contributed by atoms with Gasteiger partial charge in [0.1, 0.15) is 12.2 Å². The van der Waals surface area contributed by atoms with E-state index in [1.807, 2.05) is 86.8 Å². The first-order chi connectivity index (χ1) is 21.1. The minimum absolute atomic E-state index is 0.0220. The number of nitrogens with one attached hydrogen (secondary N) is 1. The van der Waals surface area contributed by atoms with Gasteiger partial charge in [-0.15, -0.1) is 0 Å². The summed E-state index contributed by atoms with van der Waals surface area (Å²) in [4.78, 5) is 30.6. The highest BCUT2D eigenvalue weighted by atomic mass is 16.7. The van der Waals surface area contributed by atoms with Crippen LogP contribution in [0.15, 0.2) is 23.8 Å². The van der Waals surface area contributed by atoms with E-state index >= 15 is 0 Å². The van der Waals surface area contributed by atoms with Gasteiger partial charge in [-0.05, 0) is 86.3 Å². The molecule has 10 nitrogen and oxygen atoms in total. The van der Waals surface area contributed by atoms with Crippen LogP contribution in [0.2, 0.25) is 0 Å². The lowest BCUT2D eigenvalue weighted by molar-refractivity contribution is -0.283. The molecule has 2 heterocycles. The molecule has 0 aliphatic carbocycles. The summed E-state index contributed by atoms with van der Waals surface area (Å²) in [5.41, 5.74) is 0.925. The molecule has 0 saturated carbocycles. The van der Waals surface area contributed by atoms with Gasteiger partial charge in [0.15, 0.2) is 12.1 Å². The molecule has 2 aliphatic rings. The Morgan fingerprint density at radius 3 is 2.33 bits per heavy atom. The maximum Gasteiger partial charge on any atom is 0.308 e. The lowest BCUT2D eigenvalue weighted by Gasteiger charge is -2.44. The number of carbonyl (C=O) groups excluding carboxylic acids is 2. The van der Waals surface area contributed by atoms with Crippen LogP contribution in [0.4, 0.5) is 0 Å². The van der Waals surface area contributed by atoms with Crippen LogP contribution in [-0.2, 0) is 23.8 Å². The van der Waals surface area contributed by atoms with Crippen LogP contribution in [-0.4, -0.2) is 122 Å². The molecule has 260 valence electrons. The fourth-order valence-corrected chi connectivity index (χ4v) is 6.49. The quantitative estimate of drug-likeness (QED) is 0.243. The smallest absolute Gasteiger partial charge is 0.308 e. The number of allylic oxidation sites excluding steroid dienone is 3. The van der Waals surface area contributed by atoms with Crippen molar-refractivity contribution in [2.24, 2.45) is 23.7 Å². The molecule has 1 saturated heterocycles. The lowest BCUT2D eigenvalue weighted by atomic mass is 9.79. The van der Waals surface area contributed by atoms with Gasteiger partial charge in [-0.1, -0.05) is 45.4 Å². The number of ketones is 1. The zero-order valence-electron chi connectivity index (χ0n) is 29.6. The zero-order valence-corrected chi connectivity index (χ0v) is 29.6. The Balaban J connectivity index is 2.50. The molecule has 0 aromatic heterocycles. The number of hydrogen-bond donors (Lipinski definition) is 3. The predicted octanol–water partition coefficient (Wildman–Crippen LogP) is 3.41. The normalized spacial score (nSPS) is 38.2. The van der Waals surface area contributed by atoms with Crippen LogP contribution in [0.25, 0.3) is 0 Å². The molecular weight excluding hydrogens is 574 g/mol. The monoisotopic (exact) mass is 637 g/mol. The number of ether oxygens (including phenoxy) is 3. The molecule has 0 amide bonds. The molecule has 0 aromatic rings. The minimum Gasteiger partial charge on any atom is -0.462 e. The zero-order chi connectivity index (χ0) is 33.8. The molecule has 11 atom stereocenters. The van der Waals surface area contributed by atoms with E-state index in [0.29, 0.717) is 32.2 Å². The molecule has 1 unspecified atom stereocenters. The average molecular weight is 638 g/mol. The summed E-state index contributed by atoms with van der Waals surface area (Å²) < 4.78 is 18.7. The standard InChI is InChI=1S/C35H63N3O7/c1-11-31-24(4)18-22(2)12-13-29(39)23(3)19-27(14-15-36-16-17-37(7)8)34(26(6)30(40)21-32(41)44-31)45-35-33(42)28(38(9)10)20-25(5)43-35/h12-13,18,23-28,30-31,33-36,40,42H,11,14-17,19-21H2,1-10H3/b13-12+,22-18+/t23-,24+,25-,26+,27+,28+,30?,31-,33-,34-,35+/m1/s1. The third-order valence-corrected chi connectivity index (χ3v) is 9.41. The molecule has 0 aromatic carbocycles. The van der Waals surface area contributed by atoms with E-state index < -0.39 is 36.5 Å². The van der Waals surface area contributed by atoms with Crippen molar-refractivity contribution in [3.63, 3.8) is 0 Å². The topological polar surface area (TPSA) is 121 Å². The summed E-state index contributed by atoms with van der Waals surface area (Å²) in [6.45, 7) is 14.0. The van der Waals surface area contributed by atoms with Crippen LogP contribution in [0.5, 0.6) is 0 Å². The number of cyclic esters (lactones) is 1. The Kier molecular flexibility index (Phi) is 16.9. The number of nitrogens with zero attached hydrogens (tertiary/aromatic N) is 2. The van der Waals surface area contributed by atoms with Crippen molar-refractivity contribution < 1.29 is 34.0 Å². The molecule has 0 radical (unpaired) electrons. The minimum atomic E-state index is -1.06. The van der Waals surface area contributed by atoms with Crippen molar-refractivity contribution in [3.05, 3.63) is 23.8 Å². The Bertz CT molecular complexity index is 971. The molecule has 3 N–H and O–H groups in total. The highest BCUT2D eigenvalue weighted by Gasteiger charge is 2.43. The summed E-state index contributed by atoms with van der Waals surface area (Å²) in [6.07, 6.45) is 3.78. The van der Waals surface area contributed by atoms with Gasteiger partial charge < -0.3 is 39.5 Å². The van der Waals surface area contributed by atoms with Gasteiger partial charge in [-0.3, -0.25) is 9.59 Å². The first-order valence-corrected chi connectivity index (χ1v) is 16.9. The molecule has 45 heavy (non-hydrogen) atoms. The van der Waals surface area contributed by atoms with Gasteiger partial charge in [0.2, 0.25) is 0 Å². The second kappa shape index (κ2) is 19.2. The largest absolute Gasteiger partial charge is 0.462 e. The Hall–Kier alpha value is -1.66. The van der Waals surface area contributed by atoms with Crippen LogP contribution in [0, 0.1) is 23.7 Å². The van der Waals surface area contributed by atoms with Crippen molar-refractivity contribution >= 4 is 11.8 Å². The number of esters is 1. The third kappa shape index (κ3) is 12.8. The summed E-state index contributed by atoms with van der Waals surface area (Å²) in [5.74, 6) is -1.49. The van der Waals surface area contributed by atoms with E-state index in [-0.39, 0.29) is 48.2 Å². The second-order valence-electron chi connectivity index (χ2n) is 14.0. The van der Waals surface area contributed by atoms with E-state index in [4.69, 9.17) is 14.2 Å². The van der Waals surface area contributed by atoms with Crippen LogP contribution < -0.4 is 5.32 Å². The number of hydrogen-bond acceptors (Lipinski definition) is 10. The maximum atomic E-state index is 13.4. The van der Waals surface area contributed by atoms with Crippen LogP contribution in [0.1, 0.15) is 73.6 Å². The van der Waals surface area contributed by atoms with Gasteiger partial charge >= 0.3 is 5.97 Å². The number of carbonyl (C=O) groups is 2. The van der Waals surface area contributed by atoms with E-state index in [1.165, 1.54) is 0 Å². The average Bonchev–Trinajstić information content (AvgIpc) is 2.96. The predicted molar refractivity (Wildman–Crippen MR) is 178 cm³/mol. The van der Waals surface area contributed by atoms with Gasteiger partial charge in [0.25, 0.3) is 0 Å². The van der Waals surface area contributed by atoms with Gasteiger partial charge in [0.05, 0.1) is 24.7 Å². The Labute approximate surface area is 272 Å². The molecular formula is C35H63N3O7. The molecule has 1 fully saturated rings. The highest BCUT2D eigenvalue weighted by Crippen LogP contribution is 2.34. The molecule has 10 heteroatoms. The Morgan fingerprint density at radius 2 is 1.71 bits per heavy atom. The Morgan fingerprint density at radius 1 is 1.02 bits per heavy atom. The third-order valence-electron chi connectivity index (χ3n) is 9.41. The lowest BCUT2D eigenvalue weighted by Crippen LogP contribution is -2.56. The van der Waals surface area contributed by atoms with Crippen LogP contribution in [0.3, 0.4) is 0 Å². The summed E-state index contributed by atoms with van der Waals surface area (Å²) in [7, 11) is 7.91. The molecule has 0 bridgehead atoms.